The van der Waals surface area contributed by atoms with Crippen LogP contribution in [-0.4, -0.2) is 40.3 Å². The summed E-state index contributed by atoms with van der Waals surface area (Å²) in [6, 6.07) is 6.61. The van der Waals surface area contributed by atoms with Gasteiger partial charge in [-0.15, -0.1) is 0 Å². The van der Waals surface area contributed by atoms with Gasteiger partial charge in [-0.05, 0) is 19.1 Å². The van der Waals surface area contributed by atoms with Crippen LogP contribution in [0.25, 0.3) is 0 Å². The molecule has 1 aromatic carbocycles. The van der Waals surface area contributed by atoms with Gasteiger partial charge in [0.15, 0.2) is 0 Å². The molecule has 1 aliphatic heterocycles. The second-order valence-corrected chi connectivity index (χ2v) is 6.04. The molecule has 1 aromatic rings. The number of hydrogen-bond acceptors (Lipinski definition) is 5. The van der Waals surface area contributed by atoms with Crippen LogP contribution in [0.3, 0.4) is 0 Å². The number of benzene rings is 1. The molecule has 2 rings (SSSR count). The Balaban J connectivity index is 1.95. The van der Waals surface area contributed by atoms with Gasteiger partial charge in [-0.25, -0.2) is 0 Å². The molecule has 1 fully saturated rings. The molecular weight excluding hydrogens is 254 g/mol. The molecule has 0 N–H and O–H groups in total. The molecule has 0 radical (unpaired) electrons. The zero-order valence-electron chi connectivity index (χ0n) is 10.5. The molecular formula is C12H17NO4S. The third kappa shape index (κ3) is 3.08. The minimum absolute atomic E-state index is 0.184. The summed E-state index contributed by atoms with van der Waals surface area (Å²) in [6.07, 6.45) is 0. The summed E-state index contributed by atoms with van der Waals surface area (Å²) in [5, 5.41) is 1.44. The van der Waals surface area contributed by atoms with E-state index in [-0.39, 0.29) is 4.90 Å². The lowest BCUT2D eigenvalue weighted by Crippen LogP contribution is -2.49. The maximum absolute atomic E-state index is 11.9. The fourth-order valence-electron chi connectivity index (χ4n) is 1.81. The average molecular weight is 271 g/mol. The number of rotatable bonds is 5. The van der Waals surface area contributed by atoms with E-state index in [9.17, 15) is 8.42 Å². The molecule has 0 aliphatic carbocycles. The average Bonchev–Trinajstić information content (AvgIpc) is 2.27. The third-order valence-electron chi connectivity index (χ3n) is 2.84. The van der Waals surface area contributed by atoms with Crippen molar-refractivity contribution in [2.45, 2.75) is 11.8 Å². The van der Waals surface area contributed by atoms with Crippen molar-refractivity contribution in [1.82, 2.24) is 5.06 Å². The zero-order chi connectivity index (χ0) is 13.2. The van der Waals surface area contributed by atoms with Crippen LogP contribution in [0.15, 0.2) is 29.2 Å². The number of methoxy groups -OCH3 is 1. The lowest BCUT2D eigenvalue weighted by molar-refractivity contribution is -0.146. The van der Waals surface area contributed by atoms with E-state index in [0.717, 1.165) is 5.56 Å². The normalized spacial score (nSPS) is 17.7. The Hall–Kier alpha value is -0.950. The topological polar surface area (TPSA) is 55.8 Å². The smallest absolute Gasteiger partial charge is 0.313 e. The number of aryl methyl sites for hydroxylation is 1. The highest BCUT2D eigenvalue weighted by atomic mass is 32.2. The monoisotopic (exact) mass is 271 g/mol. The van der Waals surface area contributed by atoms with Gasteiger partial charge < -0.3 is 4.74 Å². The van der Waals surface area contributed by atoms with Gasteiger partial charge in [0.05, 0.1) is 11.5 Å². The largest absolute Gasteiger partial charge is 0.384 e. The van der Waals surface area contributed by atoms with Crippen LogP contribution in [-0.2, 0) is 19.1 Å². The predicted octanol–water partition coefficient (Wildman–Crippen LogP) is 1.19. The van der Waals surface area contributed by atoms with Crippen molar-refractivity contribution in [3.63, 3.8) is 0 Å². The first kappa shape index (κ1) is 13.5. The standard InChI is InChI=1S/C12H17NO4S/c1-10-3-5-12(6-4-10)18(14,15)17-13-7-11(8-13)9-16-2/h3-6,11H,7-9H2,1-2H3. The van der Waals surface area contributed by atoms with Gasteiger partial charge in [-0.2, -0.15) is 17.8 Å². The highest BCUT2D eigenvalue weighted by molar-refractivity contribution is 7.86. The molecule has 0 saturated carbocycles. The number of hydrogen-bond donors (Lipinski definition) is 0. The molecule has 0 atom stereocenters. The Bertz CT molecular complexity index is 491. The minimum atomic E-state index is -3.69. The number of nitrogens with zero attached hydrogens (tertiary/aromatic N) is 1. The fourth-order valence-corrected chi connectivity index (χ4v) is 2.77. The molecule has 0 amide bonds. The molecule has 100 valence electrons. The first-order chi connectivity index (χ1) is 8.51. The van der Waals surface area contributed by atoms with Gasteiger partial charge >= 0.3 is 10.1 Å². The van der Waals surface area contributed by atoms with Crippen LogP contribution in [0.1, 0.15) is 5.56 Å². The SMILES string of the molecule is COCC1CN(OS(=O)(=O)c2ccc(C)cc2)C1. The number of hydroxylamine groups is 2. The van der Waals surface area contributed by atoms with Crippen molar-refractivity contribution in [3.05, 3.63) is 29.8 Å². The summed E-state index contributed by atoms with van der Waals surface area (Å²) >= 11 is 0. The van der Waals surface area contributed by atoms with Gasteiger partial charge in [0.1, 0.15) is 0 Å². The van der Waals surface area contributed by atoms with Crippen LogP contribution in [0.2, 0.25) is 0 Å². The summed E-state index contributed by atoms with van der Waals surface area (Å²) in [4.78, 5) is 0.184. The van der Waals surface area contributed by atoms with Gasteiger partial charge in [0.25, 0.3) is 0 Å². The minimum Gasteiger partial charge on any atom is -0.384 e. The van der Waals surface area contributed by atoms with E-state index >= 15 is 0 Å². The summed E-state index contributed by atoms with van der Waals surface area (Å²) < 4.78 is 33.8. The first-order valence-corrected chi connectivity index (χ1v) is 7.17. The summed E-state index contributed by atoms with van der Waals surface area (Å²) in [7, 11) is -2.06. The van der Waals surface area contributed by atoms with Crippen LogP contribution >= 0.6 is 0 Å². The second kappa shape index (κ2) is 5.36. The van der Waals surface area contributed by atoms with Crippen LogP contribution in [0, 0.1) is 12.8 Å². The van der Waals surface area contributed by atoms with Crippen molar-refractivity contribution < 1.29 is 17.4 Å². The molecule has 1 aliphatic rings. The maximum atomic E-state index is 11.9. The molecule has 18 heavy (non-hydrogen) atoms. The molecule has 0 aromatic heterocycles. The highest BCUT2D eigenvalue weighted by Gasteiger charge is 2.32. The summed E-state index contributed by atoms with van der Waals surface area (Å²) in [5.74, 6) is 0.350. The fraction of sp³-hybridized carbons (Fsp3) is 0.500. The second-order valence-electron chi connectivity index (χ2n) is 4.51. The van der Waals surface area contributed by atoms with E-state index in [1.807, 2.05) is 6.92 Å². The number of ether oxygens (including phenoxy) is 1. The lowest BCUT2D eigenvalue weighted by Gasteiger charge is -2.36. The van der Waals surface area contributed by atoms with Crippen LogP contribution in [0.5, 0.6) is 0 Å². The Morgan fingerprint density at radius 1 is 1.28 bits per heavy atom. The van der Waals surface area contributed by atoms with E-state index in [2.05, 4.69) is 0 Å². The van der Waals surface area contributed by atoms with E-state index < -0.39 is 10.1 Å². The summed E-state index contributed by atoms with van der Waals surface area (Å²) in [5.41, 5.74) is 1.01. The first-order valence-electron chi connectivity index (χ1n) is 5.76. The van der Waals surface area contributed by atoms with Gasteiger partial charge in [-0.3, -0.25) is 0 Å². The highest BCUT2D eigenvalue weighted by Crippen LogP contribution is 2.21. The molecule has 6 heteroatoms. The maximum Gasteiger partial charge on any atom is 0.313 e. The van der Waals surface area contributed by atoms with E-state index in [0.29, 0.717) is 25.6 Å². The van der Waals surface area contributed by atoms with Gasteiger partial charge in [0, 0.05) is 26.1 Å². The molecule has 1 saturated heterocycles. The van der Waals surface area contributed by atoms with E-state index in [1.165, 1.54) is 5.06 Å². The van der Waals surface area contributed by atoms with Crippen molar-refractivity contribution in [2.75, 3.05) is 26.8 Å². The Morgan fingerprint density at radius 2 is 1.89 bits per heavy atom. The molecule has 5 nitrogen and oxygen atoms in total. The van der Waals surface area contributed by atoms with Crippen molar-refractivity contribution in [3.8, 4) is 0 Å². The third-order valence-corrected chi connectivity index (χ3v) is 4.10. The van der Waals surface area contributed by atoms with Crippen LogP contribution < -0.4 is 0 Å². The molecule has 0 bridgehead atoms. The van der Waals surface area contributed by atoms with E-state index in [1.54, 1.807) is 31.4 Å². The quantitative estimate of drug-likeness (QED) is 0.805. The van der Waals surface area contributed by atoms with Crippen LogP contribution in [0.4, 0.5) is 0 Å². The van der Waals surface area contributed by atoms with Crippen molar-refractivity contribution >= 4 is 10.1 Å². The van der Waals surface area contributed by atoms with E-state index in [4.69, 9.17) is 9.02 Å². The molecule has 0 spiro atoms. The van der Waals surface area contributed by atoms with Gasteiger partial charge in [-0.1, -0.05) is 17.7 Å². The van der Waals surface area contributed by atoms with Crippen molar-refractivity contribution in [1.29, 1.82) is 0 Å². The predicted molar refractivity (Wildman–Crippen MR) is 66.4 cm³/mol. The summed E-state index contributed by atoms with van der Waals surface area (Å²) in [6.45, 7) is 3.70. The molecule has 1 heterocycles. The Morgan fingerprint density at radius 3 is 2.44 bits per heavy atom. The molecule has 0 unspecified atom stereocenters. The Kier molecular flexibility index (Phi) is 4.01. The zero-order valence-corrected chi connectivity index (χ0v) is 11.3. The van der Waals surface area contributed by atoms with Crippen molar-refractivity contribution in [2.24, 2.45) is 5.92 Å². The van der Waals surface area contributed by atoms with Gasteiger partial charge in [0.2, 0.25) is 0 Å². The lowest BCUT2D eigenvalue weighted by atomic mass is 10.1. The Labute approximate surface area is 107 Å².